The van der Waals surface area contributed by atoms with Crippen molar-refractivity contribution in [3.05, 3.63) is 28.3 Å². The highest BCUT2D eigenvalue weighted by molar-refractivity contribution is 5.73. The van der Waals surface area contributed by atoms with Crippen LogP contribution in [0.2, 0.25) is 0 Å². The fraction of sp³-hybridized carbons (Fsp3) is 0.696. The Hall–Kier alpha value is -2.67. The molecule has 0 unspecified atom stereocenters. The van der Waals surface area contributed by atoms with Crippen molar-refractivity contribution in [2.75, 3.05) is 19.8 Å². The van der Waals surface area contributed by atoms with Crippen LogP contribution in [-0.4, -0.2) is 122 Å². The fourth-order valence-electron chi connectivity index (χ4n) is 4.03. The maximum absolute atomic E-state index is 12.3. The summed E-state index contributed by atoms with van der Waals surface area (Å²) in [5, 5.41) is 70.3. The van der Waals surface area contributed by atoms with Gasteiger partial charge >= 0.3 is 11.9 Å². The largest absolute Gasteiger partial charge is 0.481 e. The van der Waals surface area contributed by atoms with E-state index < -0.39 is 104 Å². The lowest BCUT2D eigenvalue weighted by atomic mass is 9.97. The molecule has 2 aliphatic rings. The zero-order chi connectivity index (χ0) is 29.1. The van der Waals surface area contributed by atoms with Gasteiger partial charge in [-0.1, -0.05) is 0 Å². The number of carbonyl (C=O) groups is 2. The molecule has 1 aromatic rings. The van der Waals surface area contributed by atoms with Gasteiger partial charge in [0.2, 0.25) is 17.5 Å². The molecule has 0 aliphatic carbocycles. The molecule has 7 N–H and O–H groups in total. The zero-order valence-corrected chi connectivity index (χ0v) is 21.0. The molecular formula is C23H32O16. The van der Waals surface area contributed by atoms with E-state index in [4.69, 9.17) is 33.2 Å². The molecule has 1 aromatic heterocycles. The minimum atomic E-state index is -2.07. The van der Waals surface area contributed by atoms with Crippen LogP contribution in [0.4, 0.5) is 0 Å². The van der Waals surface area contributed by atoms with Crippen molar-refractivity contribution >= 4 is 11.9 Å². The number of aliphatic hydroxyl groups is 6. The van der Waals surface area contributed by atoms with Crippen molar-refractivity contribution in [1.29, 1.82) is 0 Å². The van der Waals surface area contributed by atoms with Gasteiger partial charge < -0.3 is 63.8 Å². The molecule has 39 heavy (non-hydrogen) atoms. The predicted molar refractivity (Wildman–Crippen MR) is 122 cm³/mol. The highest BCUT2D eigenvalue weighted by atomic mass is 16.8. The molecule has 220 valence electrons. The van der Waals surface area contributed by atoms with Crippen molar-refractivity contribution < 1.29 is 73.4 Å². The SMILES string of the molecule is Cc1occc(=O)c1O[C@H]1O[C@H](COC(=O)C[C@](C)(O)CC(=O)O)[C@@H](O)[C@H](O)[C@H]1O[C@H]1OC[C@](O)(CO)[C@H]1O. The lowest BCUT2D eigenvalue weighted by Crippen LogP contribution is -2.62. The molecule has 16 nitrogen and oxygen atoms in total. The van der Waals surface area contributed by atoms with Crippen molar-refractivity contribution in [1.82, 2.24) is 0 Å². The highest BCUT2D eigenvalue weighted by Crippen LogP contribution is 2.32. The minimum Gasteiger partial charge on any atom is -0.481 e. The molecule has 16 heteroatoms. The summed E-state index contributed by atoms with van der Waals surface area (Å²) in [4.78, 5) is 35.4. The van der Waals surface area contributed by atoms with Crippen LogP contribution < -0.4 is 10.2 Å². The average Bonchev–Trinajstić information content (AvgIpc) is 3.12. The summed E-state index contributed by atoms with van der Waals surface area (Å²) in [5.41, 5.74) is -4.64. The van der Waals surface area contributed by atoms with Gasteiger partial charge in [0.05, 0.1) is 37.9 Å². The second-order valence-electron chi connectivity index (χ2n) is 9.73. The topological polar surface area (TPSA) is 252 Å². The van der Waals surface area contributed by atoms with Crippen LogP contribution in [0.25, 0.3) is 0 Å². The third kappa shape index (κ3) is 7.30. The number of aliphatic carboxylic acids is 1. The van der Waals surface area contributed by atoms with Crippen LogP contribution in [-0.2, 0) is 28.5 Å². The van der Waals surface area contributed by atoms with E-state index in [1.54, 1.807) is 0 Å². The number of carboxylic acid groups (broad SMARTS) is 1. The van der Waals surface area contributed by atoms with Crippen molar-refractivity contribution in [2.45, 2.75) is 81.0 Å². The van der Waals surface area contributed by atoms with Gasteiger partial charge in [-0.2, -0.15) is 0 Å². The van der Waals surface area contributed by atoms with E-state index in [0.717, 1.165) is 19.3 Å². The Kier molecular flexibility index (Phi) is 9.69. The molecule has 9 atom stereocenters. The van der Waals surface area contributed by atoms with Crippen LogP contribution in [0.1, 0.15) is 25.5 Å². The summed E-state index contributed by atoms with van der Waals surface area (Å²) < 4.78 is 32.1. The lowest BCUT2D eigenvalue weighted by Gasteiger charge is -2.42. The number of aryl methyl sites for hydroxylation is 1. The monoisotopic (exact) mass is 564 g/mol. The highest BCUT2D eigenvalue weighted by Gasteiger charge is 2.54. The number of rotatable bonds is 11. The normalized spacial score (nSPS) is 34.3. The standard InChI is InChI=1S/C23H32O16/c1-10-17(11(25)3-4-34-10)38-20-18(39-21-19(31)23(33,8-24)9-36-21)16(30)15(29)12(37-20)7-35-14(28)6-22(2,32)5-13(26)27/h3-4,12,15-16,18-21,24,29-33H,5-9H2,1-2H3,(H,26,27)/t12-,15-,16+,18-,19+,20-,21-,22-,23-/m1/s1. The average molecular weight is 564 g/mol. The minimum absolute atomic E-state index is 0.0147. The summed E-state index contributed by atoms with van der Waals surface area (Å²) in [5.74, 6) is -2.71. The van der Waals surface area contributed by atoms with Crippen molar-refractivity contribution in [3.8, 4) is 5.75 Å². The first-order valence-corrected chi connectivity index (χ1v) is 11.8. The number of hydrogen-bond acceptors (Lipinski definition) is 15. The van der Waals surface area contributed by atoms with Gasteiger partial charge in [-0.3, -0.25) is 14.4 Å². The maximum Gasteiger partial charge on any atom is 0.308 e. The molecule has 0 saturated carbocycles. The van der Waals surface area contributed by atoms with Gasteiger partial charge in [0.25, 0.3) is 0 Å². The van der Waals surface area contributed by atoms with Gasteiger partial charge in [0.15, 0.2) is 12.4 Å². The Morgan fingerprint density at radius 2 is 1.87 bits per heavy atom. The van der Waals surface area contributed by atoms with Crippen molar-refractivity contribution in [2.24, 2.45) is 0 Å². The van der Waals surface area contributed by atoms with Crippen LogP contribution in [0.5, 0.6) is 5.75 Å². The molecule has 0 radical (unpaired) electrons. The smallest absolute Gasteiger partial charge is 0.308 e. The number of carboxylic acids is 1. The van der Waals surface area contributed by atoms with Gasteiger partial charge in [-0.25, -0.2) is 0 Å². The van der Waals surface area contributed by atoms with E-state index in [1.165, 1.54) is 6.92 Å². The van der Waals surface area contributed by atoms with Gasteiger partial charge in [-0.05, 0) is 13.8 Å². The Bertz CT molecular complexity index is 1070. The van der Waals surface area contributed by atoms with E-state index >= 15 is 0 Å². The van der Waals surface area contributed by atoms with Crippen LogP contribution in [0.15, 0.2) is 21.5 Å². The first-order chi connectivity index (χ1) is 18.2. The van der Waals surface area contributed by atoms with Gasteiger partial charge in [-0.15, -0.1) is 0 Å². The summed E-state index contributed by atoms with van der Waals surface area (Å²) in [6, 6.07) is 1.04. The van der Waals surface area contributed by atoms with E-state index in [-0.39, 0.29) is 11.5 Å². The van der Waals surface area contributed by atoms with Gasteiger partial charge in [0.1, 0.15) is 42.4 Å². The second-order valence-corrected chi connectivity index (χ2v) is 9.73. The number of aliphatic hydroxyl groups excluding tert-OH is 4. The molecule has 2 saturated heterocycles. The molecule has 0 amide bonds. The van der Waals surface area contributed by atoms with E-state index in [0.29, 0.717) is 0 Å². The molecule has 0 bridgehead atoms. The molecule has 2 aliphatic heterocycles. The predicted octanol–water partition coefficient (Wildman–Crippen LogP) is -3.24. The third-order valence-corrected chi connectivity index (χ3v) is 6.22. The maximum atomic E-state index is 12.3. The Labute approximate surface area is 220 Å². The summed E-state index contributed by atoms with van der Waals surface area (Å²) in [6.07, 6.45) is -12.2. The molecular weight excluding hydrogens is 532 g/mol. The van der Waals surface area contributed by atoms with E-state index in [1.807, 2.05) is 0 Å². The van der Waals surface area contributed by atoms with Crippen LogP contribution in [0.3, 0.4) is 0 Å². The van der Waals surface area contributed by atoms with Crippen molar-refractivity contribution in [3.63, 3.8) is 0 Å². The quantitative estimate of drug-likeness (QED) is 0.130. The molecule has 3 heterocycles. The number of esters is 1. The first-order valence-electron chi connectivity index (χ1n) is 11.8. The number of carbonyl (C=O) groups excluding carboxylic acids is 1. The van der Waals surface area contributed by atoms with Crippen LogP contribution in [0, 0.1) is 6.92 Å². The zero-order valence-electron chi connectivity index (χ0n) is 21.0. The third-order valence-electron chi connectivity index (χ3n) is 6.22. The summed E-state index contributed by atoms with van der Waals surface area (Å²) in [7, 11) is 0. The molecule has 0 spiro atoms. The Morgan fingerprint density at radius 3 is 2.46 bits per heavy atom. The summed E-state index contributed by atoms with van der Waals surface area (Å²) >= 11 is 0. The lowest BCUT2D eigenvalue weighted by molar-refractivity contribution is -0.319. The number of ether oxygens (including phenoxy) is 5. The first kappa shape index (κ1) is 30.9. The second kappa shape index (κ2) is 12.2. The van der Waals surface area contributed by atoms with Crippen LogP contribution >= 0.6 is 0 Å². The van der Waals surface area contributed by atoms with E-state index in [2.05, 4.69) is 0 Å². The molecule has 3 rings (SSSR count). The summed E-state index contributed by atoms with van der Waals surface area (Å²) in [6.45, 7) is 0.418. The van der Waals surface area contributed by atoms with E-state index in [9.17, 15) is 45.0 Å². The van der Waals surface area contributed by atoms with Gasteiger partial charge in [0, 0.05) is 6.07 Å². The number of hydrogen-bond donors (Lipinski definition) is 7. The molecule has 2 fully saturated rings. The fourth-order valence-corrected chi connectivity index (χ4v) is 4.03. The molecule has 0 aromatic carbocycles. The Balaban J connectivity index is 1.78. The Morgan fingerprint density at radius 1 is 1.18 bits per heavy atom.